The zero-order valence-corrected chi connectivity index (χ0v) is 16.1. The molecule has 0 saturated heterocycles. The molecule has 0 saturated carbocycles. The minimum atomic E-state index is 0.775. The summed E-state index contributed by atoms with van der Waals surface area (Å²) in [6.45, 7) is 5.47. The lowest BCUT2D eigenvalue weighted by molar-refractivity contribution is 0.227. The predicted octanol–water partition coefficient (Wildman–Crippen LogP) is 4.27. The van der Waals surface area contributed by atoms with Crippen LogP contribution in [0.5, 0.6) is 0 Å². The van der Waals surface area contributed by atoms with Crippen LogP contribution in [-0.2, 0) is 19.6 Å². The lowest BCUT2D eigenvalue weighted by Crippen LogP contribution is -2.24. The van der Waals surface area contributed by atoms with Crippen molar-refractivity contribution >= 4 is 0 Å². The largest absolute Gasteiger partial charge is 0.465 e. The summed E-state index contributed by atoms with van der Waals surface area (Å²) >= 11 is 0. The average molecular weight is 375 g/mol. The van der Waals surface area contributed by atoms with Gasteiger partial charge in [0.2, 0.25) is 0 Å². The Morgan fingerprint density at radius 2 is 2.00 bits per heavy atom. The Balaban J connectivity index is 1.47. The van der Waals surface area contributed by atoms with E-state index >= 15 is 0 Å². The summed E-state index contributed by atoms with van der Waals surface area (Å²) in [5.74, 6) is 1.94. The molecular weight excluding hydrogens is 350 g/mol. The number of benzene rings is 1. The molecule has 6 heteroatoms. The molecule has 0 amide bonds. The smallest absolute Gasteiger partial charge is 0.118 e. The molecule has 1 aromatic carbocycles. The van der Waals surface area contributed by atoms with Crippen LogP contribution in [0.1, 0.15) is 23.5 Å². The lowest BCUT2D eigenvalue weighted by Gasteiger charge is -2.21. The fourth-order valence-corrected chi connectivity index (χ4v) is 3.43. The SMILES string of the molecule is Cc1ccc(CN(CCCn2ccnc2)Cc2cn[nH]c2-c2ccccc2)o1. The van der Waals surface area contributed by atoms with Crippen molar-refractivity contribution in [1.82, 2.24) is 24.6 Å². The molecule has 1 N–H and O–H groups in total. The number of nitrogens with zero attached hydrogens (tertiary/aromatic N) is 4. The molecular formula is C22H25N5O. The zero-order chi connectivity index (χ0) is 19.2. The van der Waals surface area contributed by atoms with Gasteiger partial charge in [-0.05, 0) is 31.0 Å². The Morgan fingerprint density at radius 3 is 2.75 bits per heavy atom. The highest BCUT2D eigenvalue weighted by molar-refractivity contribution is 5.62. The van der Waals surface area contributed by atoms with Crippen molar-refractivity contribution in [1.29, 1.82) is 0 Å². The number of furan rings is 1. The first-order valence-electron chi connectivity index (χ1n) is 9.59. The van der Waals surface area contributed by atoms with Gasteiger partial charge in [-0.2, -0.15) is 5.10 Å². The number of hydrogen-bond acceptors (Lipinski definition) is 4. The van der Waals surface area contributed by atoms with Crippen molar-refractivity contribution in [2.45, 2.75) is 33.0 Å². The maximum atomic E-state index is 5.82. The van der Waals surface area contributed by atoms with E-state index in [1.807, 2.05) is 44.0 Å². The molecule has 0 aliphatic heterocycles. The predicted molar refractivity (Wildman–Crippen MR) is 108 cm³/mol. The fraction of sp³-hybridized carbons (Fsp3) is 0.273. The second kappa shape index (κ2) is 8.71. The van der Waals surface area contributed by atoms with Crippen LogP contribution in [-0.4, -0.2) is 31.2 Å². The highest BCUT2D eigenvalue weighted by Gasteiger charge is 2.14. The maximum absolute atomic E-state index is 5.82. The van der Waals surface area contributed by atoms with E-state index < -0.39 is 0 Å². The molecule has 0 unspecified atom stereocenters. The summed E-state index contributed by atoms with van der Waals surface area (Å²) < 4.78 is 7.93. The van der Waals surface area contributed by atoms with Gasteiger partial charge in [-0.15, -0.1) is 0 Å². The summed E-state index contributed by atoms with van der Waals surface area (Å²) in [6, 6.07) is 14.4. The van der Waals surface area contributed by atoms with Gasteiger partial charge in [-0.1, -0.05) is 30.3 Å². The van der Waals surface area contributed by atoms with E-state index in [1.54, 1.807) is 0 Å². The van der Waals surface area contributed by atoms with E-state index in [2.05, 4.69) is 55.0 Å². The quantitative estimate of drug-likeness (QED) is 0.475. The molecule has 0 atom stereocenters. The lowest BCUT2D eigenvalue weighted by atomic mass is 10.1. The maximum Gasteiger partial charge on any atom is 0.118 e. The van der Waals surface area contributed by atoms with Gasteiger partial charge in [0, 0.05) is 37.6 Å². The van der Waals surface area contributed by atoms with Crippen LogP contribution in [0.3, 0.4) is 0 Å². The number of aromatic nitrogens is 4. The van der Waals surface area contributed by atoms with Gasteiger partial charge in [0.05, 0.1) is 24.8 Å². The van der Waals surface area contributed by atoms with Crippen molar-refractivity contribution in [2.24, 2.45) is 0 Å². The fourth-order valence-electron chi connectivity index (χ4n) is 3.43. The molecule has 3 heterocycles. The first-order valence-corrected chi connectivity index (χ1v) is 9.59. The van der Waals surface area contributed by atoms with Crippen LogP contribution in [0.15, 0.2) is 71.8 Å². The summed E-state index contributed by atoms with van der Waals surface area (Å²) in [4.78, 5) is 6.53. The molecule has 0 aliphatic rings. The van der Waals surface area contributed by atoms with Crippen LogP contribution in [0.2, 0.25) is 0 Å². The summed E-state index contributed by atoms with van der Waals surface area (Å²) in [6.07, 6.45) is 8.65. The molecule has 28 heavy (non-hydrogen) atoms. The summed E-state index contributed by atoms with van der Waals surface area (Å²) in [7, 11) is 0. The van der Waals surface area contributed by atoms with Crippen LogP contribution < -0.4 is 0 Å². The average Bonchev–Trinajstić information content (AvgIpc) is 3.45. The minimum Gasteiger partial charge on any atom is -0.465 e. The second-order valence-electron chi connectivity index (χ2n) is 7.01. The van der Waals surface area contributed by atoms with Crippen LogP contribution >= 0.6 is 0 Å². The molecule has 0 spiro atoms. The van der Waals surface area contributed by atoms with Crippen molar-refractivity contribution < 1.29 is 4.42 Å². The van der Waals surface area contributed by atoms with Crippen molar-refractivity contribution in [3.05, 3.63) is 84.5 Å². The molecule has 0 aliphatic carbocycles. The van der Waals surface area contributed by atoms with Crippen molar-refractivity contribution in [3.63, 3.8) is 0 Å². The number of aryl methyl sites for hydroxylation is 2. The number of hydrogen-bond donors (Lipinski definition) is 1. The zero-order valence-electron chi connectivity index (χ0n) is 16.1. The standard InChI is InChI=1S/C22H25N5O/c1-18-8-9-21(28-18)16-27(12-5-11-26-13-10-23-17-26)15-20-14-24-25-22(20)19-6-3-2-4-7-19/h2-4,6-10,13-14,17H,5,11-12,15-16H2,1H3,(H,24,25). The summed E-state index contributed by atoms with van der Waals surface area (Å²) in [5, 5.41) is 7.46. The Hall–Kier alpha value is -3.12. The molecule has 6 nitrogen and oxygen atoms in total. The van der Waals surface area contributed by atoms with Gasteiger partial charge in [0.25, 0.3) is 0 Å². The van der Waals surface area contributed by atoms with Gasteiger partial charge < -0.3 is 8.98 Å². The Kier molecular flexibility index (Phi) is 5.68. The van der Waals surface area contributed by atoms with E-state index in [0.717, 1.165) is 55.4 Å². The first-order chi connectivity index (χ1) is 13.8. The van der Waals surface area contributed by atoms with Crippen molar-refractivity contribution in [3.8, 4) is 11.3 Å². The first kappa shape index (κ1) is 18.3. The van der Waals surface area contributed by atoms with Crippen LogP contribution in [0.25, 0.3) is 11.3 Å². The molecule has 0 fully saturated rings. The molecule has 4 rings (SSSR count). The van der Waals surface area contributed by atoms with E-state index in [-0.39, 0.29) is 0 Å². The van der Waals surface area contributed by atoms with Gasteiger partial charge in [-0.25, -0.2) is 4.98 Å². The number of nitrogens with one attached hydrogen (secondary N) is 1. The monoisotopic (exact) mass is 375 g/mol. The van der Waals surface area contributed by atoms with Crippen LogP contribution in [0, 0.1) is 6.92 Å². The molecule has 0 bridgehead atoms. The number of rotatable bonds is 9. The number of imidazole rings is 1. The Bertz CT molecular complexity index is 971. The van der Waals surface area contributed by atoms with Gasteiger partial charge in [0.1, 0.15) is 11.5 Å². The van der Waals surface area contributed by atoms with Crippen molar-refractivity contribution in [2.75, 3.05) is 6.54 Å². The third-order valence-corrected chi connectivity index (χ3v) is 4.80. The third-order valence-electron chi connectivity index (χ3n) is 4.80. The summed E-state index contributed by atoms with van der Waals surface area (Å²) in [5.41, 5.74) is 3.43. The highest BCUT2D eigenvalue weighted by atomic mass is 16.3. The van der Waals surface area contributed by atoms with Gasteiger partial charge in [-0.3, -0.25) is 10.00 Å². The van der Waals surface area contributed by atoms with E-state index in [9.17, 15) is 0 Å². The topological polar surface area (TPSA) is 62.9 Å². The third kappa shape index (κ3) is 4.58. The minimum absolute atomic E-state index is 0.775. The highest BCUT2D eigenvalue weighted by Crippen LogP contribution is 2.23. The number of aromatic amines is 1. The number of H-pyrrole nitrogens is 1. The molecule has 3 aromatic heterocycles. The van der Waals surface area contributed by atoms with Gasteiger partial charge >= 0.3 is 0 Å². The van der Waals surface area contributed by atoms with E-state index in [4.69, 9.17) is 4.42 Å². The molecule has 0 radical (unpaired) electrons. The van der Waals surface area contributed by atoms with E-state index in [0.29, 0.717) is 0 Å². The Morgan fingerprint density at radius 1 is 1.11 bits per heavy atom. The van der Waals surface area contributed by atoms with Gasteiger partial charge in [0.15, 0.2) is 0 Å². The Labute approximate surface area is 164 Å². The van der Waals surface area contributed by atoms with Crippen LogP contribution in [0.4, 0.5) is 0 Å². The molecule has 144 valence electrons. The second-order valence-corrected chi connectivity index (χ2v) is 7.01. The van der Waals surface area contributed by atoms with E-state index in [1.165, 1.54) is 5.56 Å². The molecule has 4 aromatic rings. The normalized spacial score (nSPS) is 11.4.